The van der Waals surface area contributed by atoms with Crippen molar-refractivity contribution in [3.05, 3.63) is 47.4 Å². The number of aromatic nitrogens is 3. The standard InChI is InChI=1S/C28H35N5O5S/c1-15(11-16(2)39(6,35)36)37-25-20-13-30-23(12-19(20)21(14-31-25)27(4,5)29)32-22-8-7-18-24(33-22)28(9-10-28)17(3)38-26(18)34/h7-8,12-17H,9-11,29H2,1-6H3,(H,30,32,33)/t15-,16-,17+/m1/s1. The second-order valence-corrected chi connectivity index (χ2v) is 14.0. The Balaban J connectivity index is 1.48. The van der Waals surface area contributed by atoms with Gasteiger partial charge in [-0.3, -0.25) is 0 Å². The summed E-state index contributed by atoms with van der Waals surface area (Å²) in [7, 11) is -3.18. The lowest BCUT2D eigenvalue weighted by molar-refractivity contribution is 0.0183. The predicted molar refractivity (Wildman–Crippen MR) is 149 cm³/mol. The number of hydrogen-bond acceptors (Lipinski definition) is 10. The van der Waals surface area contributed by atoms with Crippen molar-refractivity contribution in [3.8, 4) is 5.88 Å². The van der Waals surface area contributed by atoms with Crippen LogP contribution in [-0.2, 0) is 25.5 Å². The Kier molecular flexibility index (Phi) is 6.58. The molecule has 3 aromatic heterocycles. The van der Waals surface area contributed by atoms with E-state index in [1.54, 1.807) is 31.5 Å². The van der Waals surface area contributed by atoms with Gasteiger partial charge < -0.3 is 20.5 Å². The van der Waals surface area contributed by atoms with Gasteiger partial charge in [0.15, 0.2) is 0 Å². The SMILES string of the molecule is C[C@H](C[C@@H](C)S(C)(=O)=O)Oc1ncc(C(C)(C)N)c2cc(Nc3ccc4c(n3)C3(CC3)[C@H](C)OC4=O)ncc12. The molecule has 0 radical (unpaired) electrons. The molecule has 1 aliphatic heterocycles. The number of fused-ring (bicyclic) bond motifs is 3. The van der Waals surface area contributed by atoms with Gasteiger partial charge >= 0.3 is 5.97 Å². The highest BCUT2D eigenvalue weighted by Crippen LogP contribution is 2.54. The van der Waals surface area contributed by atoms with Crippen LogP contribution in [0.25, 0.3) is 10.8 Å². The number of hydrogen-bond donors (Lipinski definition) is 2. The molecule has 1 spiro atoms. The topological polar surface area (TPSA) is 146 Å². The lowest BCUT2D eigenvalue weighted by Crippen LogP contribution is -2.36. The molecule has 4 heterocycles. The van der Waals surface area contributed by atoms with Crippen LogP contribution in [0.15, 0.2) is 30.6 Å². The minimum absolute atomic E-state index is 0.206. The maximum absolute atomic E-state index is 12.4. The first-order chi connectivity index (χ1) is 18.2. The number of ether oxygens (including phenoxy) is 2. The summed E-state index contributed by atoms with van der Waals surface area (Å²) in [5, 5.41) is 4.21. The molecular formula is C28H35N5O5S. The Morgan fingerprint density at radius 3 is 2.54 bits per heavy atom. The van der Waals surface area contributed by atoms with E-state index >= 15 is 0 Å². The van der Waals surface area contributed by atoms with Crippen LogP contribution < -0.4 is 15.8 Å². The molecule has 3 aromatic rings. The monoisotopic (exact) mass is 553 g/mol. The zero-order chi connectivity index (χ0) is 28.3. The largest absolute Gasteiger partial charge is 0.474 e. The Bertz CT molecular complexity index is 1560. The number of carbonyl (C=O) groups is 1. The highest BCUT2D eigenvalue weighted by atomic mass is 32.2. The van der Waals surface area contributed by atoms with Crippen LogP contribution in [0.3, 0.4) is 0 Å². The van der Waals surface area contributed by atoms with Gasteiger partial charge in [0.2, 0.25) is 5.88 Å². The first-order valence-corrected chi connectivity index (χ1v) is 15.1. The van der Waals surface area contributed by atoms with Gasteiger partial charge in [-0.05, 0) is 76.6 Å². The van der Waals surface area contributed by atoms with Crippen molar-refractivity contribution in [1.82, 2.24) is 15.0 Å². The summed E-state index contributed by atoms with van der Waals surface area (Å²) in [5.41, 5.74) is 7.67. The molecule has 0 unspecified atom stereocenters. The van der Waals surface area contributed by atoms with Crippen LogP contribution in [0.1, 0.15) is 75.5 Å². The van der Waals surface area contributed by atoms with Gasteiger partial charge in [0, 0.05) is 30.6 Å². The van der Waals surface area contributed by atoms with Crippen LogP contribution in [0, 0.1) is 0 Å². The molecule has 208 valence electrons. The van der Waals surface area contributed by atoms with Crippen LogP contribution in [0.5, 0.6) is 5.88 Å². The van der Waals surface area contributed by atoms with E-state index in [1.165, 1.54) is 6.26 Å². The van der Waals surface area contributed by atoms with E-state index in [2.05, 4.69) is 15.3 Å². The third-order valence-electron chi connectivity index (χ3n) is 7.83. The molecule has 1 fully saturated rings. The summed E-state index contributed by atoms with van der Waals surface area (Å²) in [6.07, 6.45) is 6.19. The highest BCUT2D eigenvalue weighted by molar-refractivity contribution is 7.91. The van der Waals surface area contributed by atoms with E-state index in [9.17, 15) is 13.2 Å². The summed E-state index contributed by atoms with van der Waals surface area (Å²) in [6.45, 7) is 9.21. The second kappa shape index (κ2) is 9.41. The fraction of sp³-hybridized carbons (Fsp3) is 0.500. The quantitative estimate of drug-likeness (QED) is 0.390. The fourth-order valence-electron chi connectivity index (χ4n) is 5.18. The van der Waals surface area contributed by atoms with Crippen molar-refractivity contribution in [1.29, 1.82) is 0 Å². The Morgan fingerprint density at radius 2 is 1.90 bits per heavy atom. The van der Waals surface area contributed by atoms with Gasteiger partial charge in [-0.1, -0.05) is 0 Å². The summed E-state index contributed by atoms with van der Waals surface area (Å²) in [5.74, 6) is 1.15. The van der Waals surface area contributed by atoms with Gasteiger partial charge in [0.05, 0.1) is 33.4 Å². The Morgan fingerprint density at radius 1 is 1.18 bits per heavy atom. The van der Waals surface area contributed by atoms with Gasteiger partial charge in [-0.2, -0.15) is 0 Å². The zero-order valence-electron chi connectivity index (χ0n) is 23.1. The average Bonchev–Trinajstić information content (AvgIpc) is 3.63. The number of nitrogens with zero attached hydrogens (tertiary/aromatic N) is 3. The molecule has 11 heteroatoms. The molecule has 3 N–H and O–H groups in total. The third kappa shape index (κ3) is 5.17. The lowest BCUT2D eigenvalue weighted by atomic mass is 9.89. The lowest BCUT2D eigenvalue weighted by Gasteiger charge is -2.30. The van der Waals surface area contributed by atoms with E-state index in [4.69, 9.17) is 20.2 Å². The summed E-state index contributed by atoms with van der Waals surface area (Å²) in [6, 6.07) is 5.38. The number of anilines is 2. The van der Waals surface area contributed by atoms with Crippen molar-refractivity contribution in [2.24, 2.45) is 5.73 Å². The molecule has 39 heavy (non-hydrogen) atoms. The molecular weight excluding hydrogens is 518 g/mol. The number of rotatable bonds is 8. The van der Waals surface area contributed by atoms with Gasteiger partial charge in [-0.25, -0.2) is 28.2 Å². The minimum atomic E-state index is -3.18. The molecule has 0 saturated heterocycles. The molecule has 3 atom stereocenters. The van der Waals surface area contributed by atoms with E-state index in [0.29, 0.717) is 34.9 Å². The summed E-state index contributed by atoms with van der Waals surface area (Å²) in [4.78, 5) is 26.3. The first-order valence-electron chi connectivity index (χ1n) is 13.1. The smallest absolute Gasteiger partial charge is 0.340 e. The van der Waals surface area contributed by atoms with Gasteiger partial charge in [0.1, 0.15) is 27.6 Å². The van der Waals surface area contributed by atoms with Crippen molar-refractivity contribution in [2.75, 3.05) is 11.6 Å². The molecule has 1 saturated carbocycles. The maximum Gasteiger partial charge on any atom is 0.340 e. The molecule has 5 rings (SSSR count). The molecule has 1 aliphatic carbocycles. The van der Waals surface area contributed by atoms with Gasteiger partial charge in [-0.15, -0.1) is 0 Å². The van der Waals surface area contributed by atoms with Crippen LogP contribution in [-0.4, -0.2) is 53.1 Å². The van der Waals surface area contributed by atoms with E-state index in [0.717, 1.165) is 29.5 Å². The fourth-order valence-corrected chi connectivity index (χ4v) is 5.80. The van der Waals surface area contributed by atoms with Crippen molar-refractivity contribution in [2.45, 2.75) is 82.3 Å². The maximum atomic E-state index is 12.4. The summed E-state index contributed by atoms with van der Waals surface area (Å²) >= 11 is 0. The Hall–Kier alpha value is -3.31. The number of cyclic esters (lactones) is 1. The van der Waals surface area contributed by atoms with Crippen LogP contribution in [0.2, 0.25) is 0 Å². The van der Waals surface area contributed by atoms with Crippen molar-refractivity contribution < 1.29 is 22.7 Å². The van der Waals surface area contributed by atoms with Crippen molar-refractivity contribution >= 4 is 38.2 Å². The van der Waals surface area contributed by atoms with E-state index < -0.39 is 20.6 Å². The number of carbonyl (C=O) groups excluding carboxylic acids is 1. The number of sulfone groups is 1. The van der Waals surface area contributed by atoms with Crippen molar-refractivity contribution in [3.63, 3.8) is 0 Å². The van der Waals surface area contributed by atoms with Crippen LogP contribution >= 0.6 is 0 Å². The third-order valence-corrected chi connectivity index (χ3v) is 9.49. The minimum Gasteiger partial charge on any atom is -0.474 e. The predicted octanol–water partition coefficient (Wildman–Crippen LogP) is 4.14. The van der Waals surface area contributed by atoms with E-state index in [1.807, 2.05) is 33.8 Å². The number of pyridine rings is 3. The molecule has 0 bridgehead atoms. The van der Waals surface area contributed by atoms with Crippen LogP contribution in [0.4, 0.5) is 11.6 Å². The first kappa shape index (κ1) is 27.3. The number of nitrogens with two attached hydrogens (primary N) is 1. The average molecular weight is 554 g/mol. The summed E-state index contributed by atoms with van der Waals surface area (Å²) < 4.78 is 35.4. The molecule has 0 aromatic carbocycles. The van der Waals surface area contributed by atoms with E-state index in [-0.39, 0.29) is 23.6 Å². The van der Waals surface area contributed by atoms with Gasteiger partial charge in [0.25, 0.3) is 0 Å². The molecule has 0 amide bonds. The Labute approximate surface area is 228 Å². The highest BCUT2D eigenvalue weighted by Gasteiger charge is 2.56. The molecule has 2 aliphatic rings. The normalized spacial score (nSPS) is 19.8. The number of esters is 1. The zero-order valence-corrected chi connectivity index (χ0v) is 23.9. The molecule has 10 nitrogen and oxygen atoms in total. The second-order valence-electron chi connectivity index (χ2n) is 11.5. The number of nitrogens with one attached hydrogen (secondary N) is 1.